The van der Waals surface area contributed by atoms with Gasteiger partial charge in [0.2, 0.25) is 0 Å². The zero-order valence-electron chi connectivity index (χ0n) is 11.5. The quantitative estimate of drug-likeness (QED) is 0.918. The molecule has 1 heterocycles. The van der Waals surface area contributed by atoms with E-state index in [0.717, 1.165) is 5.56 Å². The van der Waals surface area contributed by atoms with Gasteiger partial charge in [-0.15, -0.1) is 0 Å². The van der Waals surface area contributed by atoms with Crippen molar-refractivity contribution in [3.05, 3.63) is 52.3 Å². The fraction of sp³-hybridized carbons (Fsp3) is 0.200. The van der Waals surface area contributed by atoms with Gasteiger partial charge in [0, 0.05) is 35.0 Å². The molecule has 6 heteroatoms. The molecule has 0 saturated heterocycles. The fourth-order valence-corrected chi connectivity index (χ4v) is 2.13. The molecule has 108 valence electrons. The Morgan fingerprint density at radius 3 is 2.86 bits per heavy atom. The molecule has 2 N–H and O–H groups in total. The Bertz CT molecular complexity index is 658. The number of nitriles is 1. The van der Waals surface area contributed by atoms with Gasteiger partial charge in [0.1, 0.15) is 18.4 Å². The van der Waals surface area contributed by atoms with E-state index in [0.29, 0.717) is 27.8 Å². The van der Waals surface area contributed by atoms with Gasteiger partial charge in [-0.2, -0.15) is 5.26 Å². The lowest BCUT2D eigenvalue weighted by atomic mass is 10.1. The summed E-state index contributed by atoms with van der Waals surface area (Å²) in [6.45, 7) is 0.464. The molecule has 0 spiro atoms. The van der Waals surface area contributed by atoms with Crippen molar-refractivity contribution in [3.8, 4) is 17.6 Å². The number of benzene rings is 1. The molecule has 2 rings (SSSR count). The molecular formula is C15H14ClN3O2. The smallest absolute Gasteiger partial charge is 0.166 e. The van der Waals surface area contributed by atoms with Crippen LogP contribution in [0.2, 0.25) is 5.02 Å². The molecule has 21 heavy (non-hydrogen) atoms. The highest BCUT2D eigenvalue weighted by molar-refractivity contribution is 6.30. The second-order valence-electron chi connectivity index (χ2n) is 4.21. The Labute approximate surface area is 127 Å². The maximum Gasteiger partial charge on any atom is 0.166 e. The number of hydrogen-bond acceptors (Lipinski definition) is 5. The average Bonchev–Trinajstić information content (AvgIpc) is 2.52. The van der Waals surface area contributed by atoms with Gasteiger partial charge in [0.05, 0.1) is 7.11 Å². The SMILES string of the molecule is COc1cc(Cl)cc(CN)c1OCc1cccnc1C#N. The topological polar surface area (TPSA) is 81.2 Å². The van der Waals surface area contributed by atoms with Crippen LogP contribution >= 0.6 is 11.6 Å². The van der Waals surface area contributed by atoms with Crippen LogP contribution in [-0.4, -0.2) is 12.1 Å². The first-order valence-corrected chi connectivity index (χ1v) is 6.60. The lowest BCUT2D eigenvalue weighted by Crippen LogP contribution is -2.06. The van der Waals surface area contributed by atoms with Crippen LogP contribution in [0.1, 0.15) is 16.8 Å². The van der Waals surface area contributed by atoms with Crippen molar-refractivity contribution < 1.29 is 9.47 Å². The van der Waals surface area contributed by atoms with Crippen LogP contribution < -0.4 is 15.2 Å². The predicted molar refractivity (Wildman–Crippen MR) is 79.2 cm³/mol. The number of pyridine rings is 1. The van der Waals surface area contributed by atoms with E-state index in [9.17, 15) is 0 Å². The molecule has 0 saturated carbocycles. The van der Waals surface area contributed by atoms with Crippen molar-refractivity contribution in [2.75, 3.05) is 7.11 Å². The maximum atomic E-state index is 9.02. The van der Waals surface area contributed by atoms with Gasteiger partial charge in [0.25, 0.3) is 0 Å². The molecule has 0 atom stereocenters. The number of ether oxygens (including phenoxy) is 2. The number of methoxy groups -OCH3 is 1. The van der Waals surface area contributed by atoms with E-state index in [4.69, 9.17) is 32.1 Å². The zero-order valence-corrected chi connectivity index (χ0v) is 12.2. The minimum absolute atomic E-state index is 0.196. The Balaban J connectivity index is 2.30. The minimum atomic E-state index is 0.196. The highest BCUT2D eigenvalue weighted by Crippen LogP contribution is 2.35. The van der Waals surface area contributed by atoms with Crippen LogP contribution in [0.4, 0.5) is 0 Å². The first-order chi connectivity index (χ1) is 10.2. The number of halogens is 1. The largest absolute Gasteiger partial charge is 0.493 e. The van der Waals surface area contributed by atoms with Crippen LogP contribution in [0.5, 0.6) is 11.5 Å². The Hall–Kier alpha value is -2.29. The zero-order chi connectivity index (χ0) is 15.2. The summed E-state index contributed by atoms with van der Waals surface area (Å²) < 4.78 is 11.0. The first kappa shape index (κ1) is 15.1. The Morgan fingerprint density at radius 2 is 2.19 bits per heavy atom. The van der Waals surface area contributed by atoms with Crippen molar-refractivity contribution in [3.63, 3.8) is 0 Å². The summed E-state index contributed by atoms with van der Waals surface area (Å²) >= 11 is 6.00. The fourth-order valence-electron chi connectivity index (χ4n) is 1.90. The van der Waals surface area contributed by atoms with E-state index < -0.39 is 0 Å². The lowest BCUT2D eigenvalue weighted by molar-refractivity contribution is 0.281. The molecule has 0 aliphatic rings. The van der Waals surface area contributed by atoms with Crippen LogP contribution in [0, 0.1) is 11.3 Å². The Morgan fingerprint density at radius 1 is 1.38 bits per heavy atom. The van der Waals surface area contributed by atoms with Gasteiger partial charge in [-0.1, -0.05) is 17.7 Å². The summed E-state index contributed by atoms with van der Waals surface area (Å²) in [6, 6.07) is 8.96. The summed E-state index contributed by atoms with van der Waals surface area (Å²) in [5, 5.41) is 9.55. The number of nitrogens with two attached hydrogens (primary N) is 1. The number of rotatable bonds is 5. The molecular weight excluding hydrogens is 290 g/mol. The molecule has 5 nitrogen and oxygen atoms in total. The van der Waals surface area contributed by atoms with Gasteiger partial charge in [-0.3, -0.25) is 0 Å². The second-order valence-corrected chi connectivity index (χ2v) is 4.65. The monoisotopic (exact) mass is 303 g/mol. The van der Waals surface area contributed by atoms with Gasteiger partial charge in [-0.05, 0) is 12.1 Å². The summed E-state index contributed by atoms with van der Waals surface area (Å²) in [4.78, 5) is 3.99. The third-order valence-corrected chi connectivity index (χ3v) is 3.12. The molecule has 0 unspecified atom stereocenters. The molecule has 0 amide bonds. The molecule has 0 aliphatic carbocycles. The number of aromatic nitrogens is 1. The van der Waals surface area contributed by atoms with Crippen molar-refractivity contribution in [1.29, 1.82) is 5.26 Å². The highest BCUT2D eigenvalue weighted by atomic mass is 35.5. The van der Waals surface area contributed by atoms with Crippen molar-refractivity contribution >= 4 is 11.6 Å². The molecule has 0 bridgehead atoms. The van der Waals surface area contributed by atoms with Crippen LogP contribution in [-0.2, 0) is 13.2 Å². The Kier molecular flexibility index (Phi) is 4.99. The molecule has 1 aromatic heterocycles. The average molecular weight is 304 g/mol. The lowest BCUT2D eigenvalue weighted by Gasteiger charge is -2.15. The van der Waals surface area contributed by atoms with E-state index in [-0.39, 0.29) is 13.2 Å². The highest BCUT2D eigenvalue weighted by Gasteiger charge is 2.13. The number of nitrogens with zero attached hydrogens (tertiary/aromatic N) is 2. The van der Waals surface area contributed by atoms with E-state index in [1.54, 1.807) is 30.5 Å². The van der Waals surface area contributed by atoms with Gasteiger partial charge >= 0.3 is 0 Å². The summed E-state index contributed by atoms with van der Waals surface area (Å²) in [7, 11) is 1.53. The van der Waals surface area contributed by atoms with Crippen molar-refractivity contribution in [2.45, 2.75) is 13.2 Å². The molecule has 0 aliphatic heterocycles. The van der Waals surface area contributed by atoms with E-state index in [1.165, 1.54) is 7.11 Å². The van der Waals surface area contributed by atoms with Crippen LogP contribution in [0.3, 0.4) is 0 Å². The number of hydrogen-bond donors (Lipinski definition) is 1. The van der Waals surface area contributed by atoms with Gasteiger partial charge < -0.3 is 15.2 Å². The normalized spacial score (nSPS) is 10.0. The molecule has 1 aromatic carbocycles. The van der Waals surface area contributed by atoms with Crippen molar-refractivity contribution in [1.82, 2.24) is 4.98 Å². The van der Waals surface area contributed by atoms with Crippen LogP contribution in [0.15, 0.2) is 30.5 Å². The van der Waals surface area contributed by atoms with E-state index >= 15 is 0 Å². The van der Waals surface area contributed by atoms with Gasteiger partial charge in [0.15, 0.2) is 11.5 Å². The standard InChI is InChI=1S/C15H14ClN3O2/c1-20-14-6-12(16)5-11(7-17)15(14)21-9-10-3-2-4-19-13(10)8-18/h2-6H,7,9,17H2,1H3. The summed E-state index contributed by atoms with van der Waals surface area (Å²) in [5.74, 6) is 1.03. The van der Waals surface area contributed by atoms with Crippen LogP contribution in [0.25, 0.3) is 0 Å². The summed E-state index contributed by atoms with van der Waals surface area (Å²) in [6.07, 6.45) is 1.57. The molecule has 2 aromatic rings. The van der Waals surface area contributed by atoms with E-state index in [1.807, 2.05) is 6.07 Å². The molecule has 0 fully saturated rings. The minimum Gasteiger partial charge on any atom is -0.493 e. The third-order valence-electron chi connectivity index (χ3n) is 2.91. The van der Waals surface area contributed by atoms with E-state index in [2.05, 4.69) is 4.98 Å². The van der Waals surface area contributed by atoms with Crippen molar-refractivity contribution in [2.24, 2.45) is 5.73 Å². The third kappa shape index (κ3) is 3.43. The second kappa shape index (κ2) is 6.93. The predicted octanol–water partition coefficient (Wildman–Crippen LogP) is 2.65. The first-order valence-electron chi connectivity index (χ1n) is 6.22. The molecule has 0 radical (unpaired) electrons. The maximum absolute atomic E-state index is 9.02. The summed E-state index contributed by atoms with van der Waals surface area (Å²) in [5.41, 5.74) is 7.47. The van der Waals surface area contributed by atoms with Gasteiger partial charge in [-0.25, -0.2) is 4.98 Å².